The van der Waals surface area contributed by atoms with Crippen LogP contribution in [0.15, 0.2) is 0 Å². The summed E-state index contributed by atoms with van der Waals surface area (Å²) < 4.78 is 0. The molecule has 1 saturated heterocycles. The fraction of sp³-hybridized carbons (Fsp3) is 0.867. The standard InChI is InChI=1S/C15H26N2O2/c1-12(18)17-9-7-13(8-10-17)11-16-15(19)14-5-3-2-4-6-14/h13-14H,2-11H2,1H3,(H,16,19). The van der Waals surface area contributed by atoms with Gasteiger partial charge in [0.1, 0.15) is 0 Å². The van der Waals surface area contributed by atoms with Crippen LogP contribution in [0, 0.1) is 11.8 Å². The Morgan fingerprint density at radius 3 is 2.26 bits per heavy atom. The molecule has 0 radical (unpaired) electrons. The second kappa shape index (κ2) is 6.92. The van der Waals surface area contributed by atoms with Crippen molar-refractivity contribution in [3.8, 4) is 0 Å². The first-order valence-corrected chi connectivity index (χ1v) is 7.70. The van der Waals surface area contributed by atoms with Gasteiger partial charge in [0.25, 0.3) is 0 Å². The third-order valence-electron chi connectivity index (χ3n) is 4.60. The zero-order valence-electron chi connectivity index (χ0n) is 12.0. The fourth-order valence-corrected chi connectivity index (χ4v) is 3.21. The summed E-state index contributed by atoms with van der Waals surface area (Å²) in [5.41, 5.74) is 0. The first kappa shape index (κ1) is 14.4. The zero-order chi connectivity index (χ0) is 13.7. The van der Waals surface area contributed by atoms with E-state index in [0.29, 0.717) is 5.92 Å². The molecular formula is C15H26N2O2. The Morgan fingerprint density at radius 2 is 1.68 bits per heavy atom. The van der Waals surface area contributed by atoms with Crippen molar-refractivity contribution in [1.82, 2.24) is 10.2 Å². The Kier molecular flexibility index (Phi) is 5.23. The number of amides is 2. The van der Waals surface area contributed by atoms with E-state index in [9.17, 15) is 9.59 Å². The molecule has 1 aliphatic heterocycles. The summed E-state index contributed by atoms with van der Waals surface area (Å²) in [5.74, 6) is 1.23. The summed E-state index contributed by atoms with van der Waals surface area (Å²) in [4.78, 5) is 25.2. The topological polar surface area (TPSA) is 49.4 Å². The monoisotopic (exact) mass is 266 g/mol. The lowest BCUT2D eigenvalue weighted by molar-refractivity contribution is -0.130. The molecule has 108 valence electrons. The van der Waals surface area contributed by atoms with E-state index >= 15 is 0 Å². The molecule has 2 aliphatic rings. The summed E-state index contributed by atoms with van der Waals surface area (Å²) >= 11 is 0. The lowest BCUT2D eigenvalue weighted by Crippen LogP contribution is -2.41. The van der Waals surface area contributed by atoms with Crippen molar-refractivity contribution < 1.29 is 9.59 Å². The van der Waals surface area contributed by atoms with E-state index in [1.165, 1.54) is 19.3 Å². The van der Waals surface area contributed by atoms with E-state index in [1.807, 2.05) is 4.90 Å². The second-order valence-electron chi connectivity index (χ2n) is 6.03. The van der Waals surface area contributed by atoms with E-state index < -0.39 is 0 Å². The number of nitrogens with one attached hydrogen (secondary N) is 1. The van der Waals surface area contributed by atoms with Crippen LogP contribution < -0.4 is 5.32 Å². The molecule has 0 bridgehead atoms. The molecule has 0 unspecified atom stereocenters. The van der Waals surface area contributed by atoms with E-state index in [1.54, 1.807) is 6.92 Å². The third-order valence-corrected chi connectivity index (χ3v) is 4.60. The van der Waals surface area contributed by atoms with Crippen LogP contribution in [-0.2, 0) is 9.59 Å². The molecule has 1 N–H and O–H groups in total. The molecule has 2 fully saturated rings. The Bertz CT molecular complexity index is 316. The Balaban J connectivity index is 1.66. The third kappa shape index (κ3) is 4.22. The maximum absolute atomic E-state index is 12.0. The summed E-state index contributed by atoms with van der Waals surface area (Å²) in [7, 11) is 0. The van der Waals surface area contributed by atoms with Gasteiger partial charge in [0.2, 0.25) is 11.8 Å². The first-order chi connectivity index (χ1) is 9.16. The van der Waals surface area contributed by atoms with Gasteiger partial charge in [-0.2, -0.15) is 0 Å². The molecule has 19 heavy (non-hydrogen) atoms. The predicted molar refractivity (Wildman–Crippen MR) is 74.6 cm³/mol. The number of piperidine rings is 1. The molecule has 4 heteroatoms. The van der Waals surface area contributed by atoms with Gasteiger partial charge in [-0.25, -0.2) is 0 Å². The van der Waals surface area contributed by atoms with Crippen LogP contribution in [0.2, 0.25) is 0 Å². The Morgan fingerprint density at radius 1 is 1.05 bits per heavy atom. The van der Waals surface area contributed by atoms with Gasteiger partial charge in [0.05, 0.1) is 0 Å². The maximum atomic E-state index is 12.0. The quantitative estimate of drug-likeness (QED) is 0.848. The van der Waals surface area contributed by atoms with Gasteiger partial charge < -0.3 is 10.2 Å². The number of carbonyl (C=O) groups is 2. The molecular weight excluding hydrogens is 240 g/mol. The largest absolute Gasteiger partial charge is 0.356 e. The number of hydrogen-bond acceptors (Lipinski definition) is 2. The highest BCUT2D eigenvalue weighted by Gasteiger charge is 2.24. The molecule has 0 aromatic carbocycles. The van der Waals surface area contributed by atoms with E-state index in [-0.39, 0.29) is 17.7 Å². The lowest BCUT2D eigenvalue weighted by Gasteiger charge is -2.31. The molecule has 0 spiro atoms. The normalized spacial score (nSPS) is 22.3. The number of rotatable bonds is 3. The van der Waals surface area contributed by atoms with Crippen molar-refractivity contribution in [2.45, 2.75) is 51.9 Å². The van der Waals surface area contributed by atoms with E-state index in [2.05, 4.69) is 5.32 Å². The first-order valence-electron chi connectivity index (χ1n) is 7.70. The van der Waals surface area contributed by atoms with Crippen molar-refractivity contribution in [2.75, 3.05) is 19.6 Å². The van der Waals surface area contributed by atoms with Gasteiger partial charge >= 0.3 is 0 Å². The number of carbonyl (C=O) groups excluding carboxylic acids is 2. The minimum absolute atomic E-state index is 0.171. The van der Waals surface area contributed by atoms with Gasteiger partial charge in [0, 0.05) is 32.5 Å². The van der Waals surface area contributed by atoms with Gasteiger partial charge in [0.15, 0.2) is 0 Å². The van der Waals surface area contributed by atoms with Crippen LogP contribution in [0.1, 0.15) is 51.9 Å². The Labute approximate surface area is 115 Å². The zero-order valence-corrected chi connectivity index (χ0v) is 12.0. The summed E-state index contributed by atoms with van der Waals surface area (Å²) in [6.45, 7) is 4.12. The van der Waals surface area contributed by atoms with Crippen LogP contribution in [0.4, 0.5) is 0 Å². The average Bonchev–Trinajstić information content (AvgIpc) is 2.46. The lowest BCUT2D eigenvalue weighted by atomic mass is 9.88. The summed E-state index contributed by atoms with van der Waals surface area (Å²) in [5, 5.41) is 3.12. The smallest absolute Gasteiger partial charge is 0.223 e. The van der Waals surface area contributed by atoms with Crippen LogP contribution >= 0.6 is 0 Å². The number of likely N-dealkylation sites (tertiary alicyclic amines) is 1. The second-order valence-corrected chi connectivity index (χ2v) is 6.03. The van der Waals surface area contributed by atoms with Gasteiger partial charge in [-0.3, -0.25) is 9.59 Å². The molecule has 0 aromatic rings. The van der Waals surface area contributed by atoms with Crippen LogP contribution in [0.5, 0.6) is 0 Å². The molecule has 0 atom stereocenters. The highest BCUT2D eigenvalue weighted by Crippen LogP contribution is 2.24. The molecule has 1 heterocycles. The van der Waals surface area contributed by atoms with Crippen LogP contribution in [-0.4, -0.2) is 36.3 Å². The minimum atomic E-state index is 0.171. The predicted octanol–water partition coefficient (Wildman–Crippen LogP) is 1.94. The molecule has 2 amide bonds. The molecule has 2 rings (SSSR count). The maximum Gasteiger partial charge on any atom is 0.223 e. The van der Waals surface area contributed by atoms with E-state index in [4.69, 9.17) is 0 Å². The van der Waals surface area contributed by atoms with Gasteiger partial charge in [-0.05, 0) is 31.6 Å². The molecule has 1 aliphatic carbocycles. The highest BCUT2D eigenvalue weighted by molar-refractivity contribution is 5.78. The van der Waals surface area contributed by atoms with Gasteiger partial charge in [-0.15, -0.1) is 0 Å². The highest BCUT2D eigenvalue weighted by atomic mass is 16.2. The van der Waals surface area contributed by atoms with Gasteiger partial charge in [-0.1, -0.05) is 19.3 Å². The molecule has 4 nitrogen and oxygen atoms in total. The van der Waals surface area contributed by atoms with Crippen LogP contribution in [0.25, 0.3) is 0 Å². The van der Waals surface area contributed by atoms with Crippen molar-refractivity contribution in [2.24, 2.45) is 11.8 Å². The molecule has 1 saturated carbocycles. The van der Waals surface area contributed by atoms with Crippen LogP contribution in [0.3, 0.4) is 0 Å². The van der Waals surface area contributed by atoms with Crippen molar-refractivity contribution in [3.05, 3.63) is 0 Å². The van der Waals surface area contributed by atoms with Crippen molar-refractivity contribution in [1.29, 1.82) is 0 Å². The minimum Gasteiger partial charge on any atom is -0.356 e. The SMILES string of the molecule is CC(=O)N1CCC(CNC(=O)C2CCCCC2)CC1. The average molecular weight is 266 g/mol. The fourth-order valence-electron chi connectivity index (χ4n) is 3.21. The Hall–Kier alpha value is -1.06. The number of nitrogens with zero attached hydrogens (tertiary/aromatic N) is 1. The van der Waals surface area contributed by atoms with Crippen molar-refractivity contribution >= 4 is 11.8 Å². The summed E-state index contributed by atoms with van der Waals surface area (Å²) in [6.07, 6.45) is 7.86. The number of hydrogen-bond donors (Lipinski definition) is 1. The summed E-state index contributed by atoms with van der Waals surface area (Å²) in [6, 6.07) is 0. The van der Waals surface area contributed by atoms with Crippen molar-refractivity contribution in [3.63, 3.8) is 0 Å². The van der Waals surface area contributed by atoms with E-state index in [0.717, 1.165) is 45.3 Å². The molecule has 0 aromatic heterocycles.